The van der Waals surface area contributed by atoms with Gasteiger partial charge in [-0.1, -0.05) is 30.3 Å². The zero-order chi connectivity index (χ0) is 22.0. The molecule has 8 heteroatoms. The lowest BCUT2D eigenvalue weighted by molar-refractivity contribution is -0.142. The van der Waals surface area contributed by atoms with Crippen molar-refractivity contribution in [3.8, 4) is 28.3 Å². The molecule has 0 N–H and O–H groups in total. The summed E-state index contributed by atoms with van der Waals surface area (Å²) in [4.78, 5) is 23.7. The number of carbonyl (C=O) groups excluding carboxylic acids is 1. The molecule has 0 atom stereocenters. The first-order valence-corrected chi connectivity index (χ1v) is 9.85. The molecule has 0 saturated carbocycles. The number of carbonyl (C=O) groups is 1. The number of fused-ring (bicyclic) bond motifs is 1. The smallest absolute Gasteiger partial charge is 0.343 e. The van der Waals surface area contributed by atoms with Crippen molar-refractivity contribution in [1.29, 1.82) is 0 Å². The van der Waals surface area contributed by atoms with Crippen LogP contribution in [0.25, 0.3) is 28.0 Å². The summed E-state index contributed by atoms with van der Waals surface area (Å²) in [5.74, 6) is 0.0279. The van der Waals surface area contributed by atoms with Gasteiger partial charge in [0.25, 0.3) is 5.56 Å². The van der Waals surface area contributed by atoms with Gasteiger partial charge in [0, 0.05) is 23.9 Å². The molecule has 4 rings (SSSR count). The van der Waals surface area contributed by atoms with Crippen molar-refractivity contribution in [3.63, 3.8) is 0 Å². The van der Waals surface area contributed by atoms with Crippen molar-refractivity contribution < 1.29 is 14.3 Å². The lowest BCUT2D eigenvalue weighted by Gasteiger charge is -2.11. The Bertz CT molecular complexity index is 1290. The molecule has 0 radical (unpaired) electrons. The molecule has 1 aromatic carbocycles. The summed E-state index contributed by atoms with van der Waals surface area (Å²) in [6, 6.07) is 16.4. The third-order valence-electron chi connectivity index (χ3n) is 4.81. The predicted octanol–water partition coefficient (Wildman–Crippen LogP) is 3.36. The normalized spacial score (nSPS) is 11.1. The van der Waals surface area contributed by atoms with Crippen LogP contribution in [0.5, 0.6) is 5.75 Å². The van der Waals surface area contributed by atoms with Crippen LogP contribution in [0.3, 0.4) is 0 Å². The van der Waals surface area contributed by atoms with Crippen molar-refractivity contribution in [2.24, 2.45) is 0 Å². The Morgan fingerprint density at radius 2 is 1.84 bits per heavy atom. The summed E-state index contributed by atoms with van der Waals surface area (Å²) in [5, 5.41) is 9.35. The van der Waals surface area contributed by atoms with Gasteiger partial charge in [-0.3, -0.25) is 4.79 Å². The number of methoxy groups -OCH3 is 1. The van der Waals surface area contributed by atoms with Gasteiger partial charge in [-0.15, -0.1) is 0 Å². The Kier molecular flexibility index (Phi) is 5.53. The SMILES string of the molecule is COC(=O)COc1ccn2nc(-c3ccccc3)c(-c3ccc(=O)n(C(C)C)n3)c2c1. The Morgan fingerprint density at radius 3 is 2.55 bits per heavy atom. The molecule has 158 valence electrons. The fraction of sp³-hybridized carbons (Fsp3) is 0.217. The quantitative estimate of drug-likeness (QED) is 0.446. The van der Waals surface area contributed by atoms with Gasteiger partial charge in [0.05, 0.1) is 29.9 Å². The summed E-state index contributed by atoms with van der Waals surface area (Å²) in [6.07, 6.45) is 1.76. The molecule has 3 heterocycles. The van der Waals surface area contributed by atoms with Crippen LogP contribution in [0.1, 0.15) is 19.9 Å². The Labute approximate surface area is 178 Å². The number of rotatable bonds is 6. The molecule has 0 aliphatic heterocycles. The number of esters is 1. The minimum absolute atomic E-state index is 0.0894. The van der Waals surface area contributed by atoms with Crippen molar-refractivity contribution in [1.82, 2.24) is 19.4 Å². The third kappa shape index (κ3) is 4.05. The van der Waals surface area contributed by atoms with E-state index in [1.54, 1.807) is 28.9 Å². The Balaban J connectivity index is 1.92. The Morgan fingerprint density at radius 1 is 1.06 bits per heavy atom. The lowest BCUT2D eigenvalue weighted by Crippen LogP contribution is -2.23. The average molecular weight is 418 g/mol. The van der Waals surface area contributed by atoms with Crippen LogP contribution >= 0.6 is 0 Å². The van der Waals surface area contributed by atoms with E-state index in [-0.39, 0.29) is 18.2 Å². The van der Waals surface area contributed by atoms with Crippen LogP contribution in [0.4, 0.5) is 0 Å². The highest BCUT2D eigenvalue weighted by atomic mass is 16.6. The van der Waals surface area contributed by atoms with E-state index < -0.39 is 5.97 Å². The highest BCUT2D eigenvalue weighted by Crippen LogP contribution is 2.35. The fourth-order valence-electron chi connectivity index (χ4n) is 3.30. The molecule has 0 unspecified atom stereocenters. The van der Waals surface area contributed by atoms with E-state index in [0.29, 0.717) is 11.4 Å². The maximum Gasteiger partial charge on any atom is 0.343 e. The van der Waals surface area contributed by atoms with E-state index in [2.05, 4.69) is 9.84 Å². The minimum atomic E-state index is -0.468. The van der Waals surface area contributed by atoms with E-state index in [0.717, 1.165) is 22.3 Å². The molecule has 31 heavy (non-hydrogen) atoms. The van der Waals surface area contributed by atoms with Crippen molar-refractivity contribution in [2.45, 2.75) is 19.9 Å². The second-order valence-electron chi connectivity index (χ2n) is 7.24. The molecule has 0 aliphatic rings. The number of benzene rings is 1. The van der Waals surface area contributed by atoms with Crippen LogP contribution < -0.4 is 10.3 Å². The second kappa shape index (κ2) is 8.43. The molecule has 0 amide bonds. The number of pyridine rings is 1. The number of hydrogen-bond acceptors (Lipinski definition) is 6. The van der Waals surface area contributed by atoms with Gasteiger partial charge in [0.2, 0.25) is 0 Å². The molecular formula is C23H22N4O4. The van der Waals surface area contributed by atoms with Crippen molar-refractivity contribution in [2.75, 3.05) is 13.7 Å². The maximum absolute atomic E-state index is 12.2. The molecule has 4 aromatic rings. The summed E-state index contributed by atoms with van der Waals surface area (Å²) in [6.45, 7) is 3.62. The molecule has 0 fully saturated rings. The predicted molar refractivity (Wildman–Crippen MR) is 116 cm³/mol. The summed E-state index contributed by atoms with van der Waals surface area (Å²) < 4.78 is 13.4. The largest absolute Gasteiger partial charge is 0.482 e. The molecular weight excluding hydrogens is 396 g/mol. The summed E-state index contributed by atoms with van der Waals surface area (Å²) in [7, 11) is 1.31. The summed E-state index contributed by atoms with van der Waals surface area (Å²) in [5.41, 5.74) is 3.60. The van der Waals surface area contributed by atoms with Crippen LogP contribution in [-0.2, 0) is 9.53 Å². The van der Waals surface area contributed by atoms with Gasteiger partial charge in [-0.25, -0.2) is 14.0 Å². The highest BCUT2D eigenvalue weighted by molar-refractivity contribution is 5.91. The topological polar surface area (TPSA) is 87.7 Å². The zero-order valence-electron chi connectivity index (χ0n) is 17.5. The maximum atomic E-state index is 12.2. The molecule has 3 aromatic heterocycles. The van der Waals surface area contributed by atoms with Gasteiger partial charge < -0.3 is 9.47 Å². The van der Waals surface area contributed by atoms with Gasteiger partial charge >= 0.3 is 5.97 Å². The number of aromatic nitrogens is 4. The zero-order valence-corrected chi connectivity index (χ0v) is 17.5. The number of nitrogens with zero attached hydrogens (tertiary/aromatic N) is 4. The van der Waals surface area contributed by atoms with Crippen LogP contribution in [-0.4, -0.2) is 39.1 Å². The standard InChI is InChI=1S/C23H22N4O4/c1-15(2)27-20(28)10-9-18(24-27)22-19-13-17(31-14-21(29)30-3)11-12-26(19)25-23(22)16-7-5-4-6-8-16/h4-13,15H,14H2,1-3H3. The van der Waals surface area contributed by atoms with E-state index >= 15 is 0 Å². The van der Waals surface area contributed by atoms with Gasteiger partial charge in [-0.05, 0) is 26.0 Å². The van der Waals surface area contributed by atoms with Crippen molar-refractivity contribution in [3.05, 3.63) is 71.1 Å². The molecule has 0 bridgehead atoms. The Hall–Kier alpha value is -3.94. The highest BCUT2D eigenvalue weighted by Gasteiger charge is 2.19. The van der Waals surface area contributed by atoms with Crippen molar-refractivity contribution >= 4 is 11.5 Å². The van der Waals surface area contributed by atoms with E-state index in [4.69, 9.17) is 9.84 Å². The third-order valence-corrected chi connectivity index (χ3v) is 4.81. The lowest BCUT2D eigenvalue weighted by atomic mass is 10.0. The molecule has 0 aliphatic carbocycles. The molecule has 0 saturated heterocycles. The van der Waals surface area contributed by atoms with Gasteiger partial charge in [0.15, 0.2) is 6.61 Å². The van der Waals surface area contributed by atoms with E-state index in [9.17, 15) is 9.59 Å². The number of hydrogen-bond donors (Lipinski definition) is 0. The minimum Gasteiger partial charge on any atom is -0.482 e. The first-order chi connectivity index (χ1) is 15.0. The average Bonchev–Trinajstić information content (AvgIpc) is 3.17. The van der Waals surface area contributed by atoms with Crippen LogP contribution in [0.2, 0.25) is 0 Å². The van der Waals surface area contributed by atoms with E-state index in [1.807, 2.05) is 44.2 Å². The first-order valence-electron chi connectivity index (χ1n) is 9.85. The molecule has 0 spiro atoms. The van der Waals surface area contributed by atoms with Crippen LogP contribution in [0, 0.1) is 0 Å². The second-order valence-corrected chi connectivity index (χ2v) is 7.24. The fourth-order valence-corrected chi connectivity index (χ4v) is 3.30. The summed E-state index contributed by atoms with van der Waals surface area (Å²) >= 11 is 0. The molecule has 8 nitrogen and oxygen atoms in total. The first kappa shape index (κ1) is 20.3. The monoisotopic (exact) mass is 418 g/mol. The van der Waals surface area contributed by atoms with E-state index in [1.165, 1.54) is 17.9 Å². The van der Waals surface area contributed by atoms with Gasteiger partial charge in [-0.2, -0.15) is 10.2 Å². The number of ether oxygens (including phenoxy) is 2. The van der Waals surface area contributed by atoms with Gasteiger partial charge in [0.1, 0.15) is 11.4 Å². The van der Waals surface area contributed by atoms with Crippen LogP contribution in [0.15, 0.2) is 65.6 Å².